The highest BCUT2D eigenvalue weighted by molar-refractivity contribution is 9.10. The lowest BCUT2D eigenvalue weighted by Gasteiger charge is -2.20. The van der Waals surface area contributed by atoms with E-state index in [9.17, 15) is 5.11 Å². The summed E-state index contributed by atoms with van der Waals surface area (Å²) >= 11 is 3.38. The predicted molar refractivity (Wildman–Crippen MR) is 68.7 cm³/mol. The number of hydrogen-bond acceptors (Lipinski definition) is 4. The average molecular weight is 288 g/mol. The summed E-state index contributed by atoms with van der Waals surface area (Å²) in [7, 11) is 1.91. The zero-order chi connectivity index (χ0) is 12.1. The number of anilines is 1. The molecule has 0 bridgehead atoms. The summed E-state index contributed by atoms with van der Waals surface area (Å²) in [5.41, 5.74) is 0. The molecule has 0 spiro atoms. The third-order valence-electron chi connectivity index (χ3n) is 2.13. The van der Waals surface area contributed by atoms with Crippen molar-refractivity contribution in [2.45, 2.75) is 32.8 Å². The van der Waals surface area contributed by atoms with Crippen molar-refractivity contribution < 1.29 is 5.11 Å². The number of rotatable bonds is 5. The normalized spacial score (nSPS) is 12.6. The zero-order valence-electron chi connectivity index (χ0n) is 9.94. The molecule has 0 fully saturated rings. The second-order valence-electron chi connectivity index (χ2n) is 3.94. The van der Waals surface area contributed by atoms with Crippen molar-refractivity contribution in [3.05, 3.63) is 16.5 Å². The SMILES string of the molecule is CCCc1nc(Br)cc(N(C)CC(C)O)n1. The minimum absolute atomic E-state index is 0.367. The van der Waals surface area contributed by atoms with Gasteiger partial charge in [-0.2, -0.15) is 0 Å². The topological polar surface area (TPSA) is 49.2 Å². The van der Waals surface area contributed by atoms with Gasteiger partial charge in [-0.25, -0.2) is 9.97 Å². The van der Waals surface area contributed by atoms with E-state index < -0.39 is 0 Å². The molecule has 1 rings (SSSR count). The van der Waals surface area contributed by atoms with E-state index in [0.29, 0.717) is 6.54 Å². The Bertz CT molecular complexity index is 344. The predicted octanol–water partition coefficient (Wildman–Crippen LogP) is 2.01. The minimum Gasteiger partial charge on any atom is -0.392 e. The number of halogens is 1. The van der Waals surface area contributed by atoms with Gasteiger partial charge in [-0.05, 0) is 29.3 Å². The molecule has 1 N–H and O–H groups in total. The number of nitrogens with zero attached hydrogens (tertiary/aromatic N) is 3. The summed E-state index contributed by atoms with van der Waals surface area (Å²) in [5.74, 6) is 1.68. The molecular formula is C11H18BrN3O. The maximum Gasteiger partial charge on any atom is 0.133 e. The van der Waals surface area contributed by atoms with E-state index in [-0.39, 0.29) is 6.10 Å². The Morgan fingerprint density at radius 1 is 1.50 bits per heavy atom. The van der Waals surface area contributed by atoms with Crippen LogP contribution in [0, 0.1) is 0 Å². The Hall–Kier alpha value is -0.680. The molecule has 1 aromatic rings. The fourth-order valence-electron chi connectivity index (χ4n) is 1.47. The van der Waals surface area contributed by atoms with Crippen molar-refractivity contribution >= 4 is 21.7 Å². The van der Waals surface area contributed by atoms with Crippen LogP contribution in [-0.4, -0.2) is 34.8 Å². The van der Waals surface area contributed by atoms with Crippen molar-refractivity contribution in [2.75, 3.05) is 18.5 Å². The lowest BCUT2D eigenvalue weighted by molar-refractivity contribution is 0.201. The minimum atomic E-state index is -0.367. The van der Waals surface area contributed by atoms with E-state index >= 15 is 0 Å². The highest BCUT2D eigenvalue weighted by atomic mass is 79.9. The lowest BCUT2D eigenvalue weighted by atomic mass is 10.3. The molecule has 0 saturated heterocycles. The standard InChI is InChI=1S/C11H18BrN3O/c1-4-5-10-13-9(12)6-11(14-10)15(3)7-8(2)16/h6,8,16H,4-5,7H2,1-3H3. The van der Waals surface area contributed by atoms with E-state index in [2.05, 4.69) is 32.8 Å². The van der Waals surface area contributed by atoms with Gasteiger partial charge in [0.05, 0.1) is 6.10 Å². The first-order chi connectivity index (χ1) is 7.52. The van der Waals surface area contributed by atoms with Crippen LogP contribution in [0.3, 0.4) is 0 Å². The van der Waals surface area contributed by atoms with Crippen LogP contribution < -0.4 is 4.90 Å². The molecule has 0 aromatic carbocycles. The molecule has 0 amide bonds. The summed E-state index contributed by atoms with van der Waals surface area (Å²) in [4.78, 5) is 10.7. The smallest absolute Gasteiger partial charge is 0.133 e. The van der Waals surface area contributed by atoms with Gasteiger partial charge in [0.25, 0.3) is 0 Å². The van der Waals surface area contributed by atoms with Crippen LogP contribution in [0.2, 0.25) is 0 Å². The van der Waals surface area contributed by atoms with Gasteiger partial charge in [0, 0.05) is 26.1 Å². The maximum atomic E-state index is 9.33. The summed E-state index contributed by atoms with van der Waals surface area (Å²) in [6.07, 6.45) is 1.53. The van der Waals surface area contributed by atoms with Crippen LogP contribution in [0.4, 0.5) is 5.82 Å². The van der Waals surface area contributed by atoms with Crippen molar-refractivity contribution in [1.82, 2.24) is 9.97 Å². The molecule has 16 heavy (non-hydrogen) atoms. The van der Waals surface area contributed by atoms with Gasteiger partial charge >= 0.3 is 0 Å². The van der Waals surface area contributed by atoms with Crippen molar-refractivity contribution in [3.8, 4) is 0 Å². The number of aromatic nitrogens is 2. The zero-order valence-corrected chi connectivity index (χ0v) is 11.5. The molecule has 4 nitrogen and oxygen atoms in total. The van der Waals surface area contributed by atoms with E-state index in [0.717, 1.165) is 29.1 Å². The quantitative estimate of drug-likeness (QED) is 0.842. The molecule has 0 aliphatic heterocycles. The Labute approximate surface area is 105 Å². The summed E-state index contributed by atoms with van der Waals surface area (Å²) in [6.45, 7) is 4.43. The van der Waals surface area contributed by atoms with E-state index in [1.54, 1.807) is 6.92 Å². The molecule has 0 aliphatic rings. The Kier molecular flexibility index (Phi) is 5.15. The van der Waals surface area contributed by atoms with Crippen molar-refractivity contribution in [2.24, 2.45) is 0 Å². The molecule has 5 heteroatoms. The fraction of sp³-hybridized carbons (Fsp3) is 0.636. The summed E-state index contributed by atoms with van der Waals surface area (Å²) < 4.78 is 0.790. The van der Waals surface area contributed by atoms with Gasteiger partial charge < -0.3 is 10.0 Å². The van der Waals surface area contributed by atoms with Crippen LogP contribution >= 0.6 is 15.9 Å². The van der Waals surface area contributed by atoms with Gasteiger partial charge in [0.2, 0.25) is 0 Å². The first kappa shape index (κ1) is 13.4. The van der Waals surface area contributed by atoms with Gasteiger partial charge in [0.15, 0.2) is 0 Å². The van der Waals surface area contributed by atoms with Crippen molar-refractivity contribution in [1.29, 1.82) is 0 Å². The van der Waals surface area contributed by atoms with Crippen LogP contribution in [0.5, 0.6) is 0 Å². The lowest BCUT2D eigenvalue weighted by Crippen LogP contribution is -2.28. The first-order valence-corrected chi connectivity index (χ1v) is 6.25. The van der Waals surface area contributed by atoms with Crippen LogP contribution in [0.25, 0.3) is 0 Å². The summed E-state index contributed by atoms with van der Waals surface area (Å²) in [5, 5.41) is 9.33. The summed E-state index contributed by atoms with van der Waals surface area (Å²) in [6, 6.07) is 1.86. The largest absolute Gasteiger partial charge is 0.392 e. The first-order valence-electron chi connectivity index (χ1n) is 5.45. The third kappa shape index (κ3) is 4.06. The van der Waals surface area contributed by atoms with E-state index in [4.69, 9.17) is 0 Å². The van der Waals surface area contributed by atoms with E-state index in [1.165, 1.54) is 0 Å². The molecule has 1 heterocycles. The Balaban J connectivity index is 2.86. The van der Waals surface area contributed by atoms with Crippen LogP contribution in [0.1, 0.15) is 26.1 Å². The third-order valence-corrected chi connectivity index (χ3v) is 2.54. The number of hydrogen-bond donors (Lipinski definition) is 1. The van der Waals surface area contributed by atoms with Crippen molar-refractivity contribution in [3.63, 3.8) is 0 Å². The maximum absolute atomic E-state index is 9.33. The second kappa shape index (κ2) is 6.15. The molecular weight excluding hydrogens is 270 g/mol. The average Bonchev–Trinajstić information content (AvgIpc) is 2.16. The molecule has 0 saturated carbocycles. The molecule has 1 unspecified atom stereocenters. The fourth-order valence-corrected chi connectivity index (χ4v) is 1.88. The molecule has 90 valence electrons. The van der Waals surface area contributed by atoms with Gasteiger partial charge in [-0.15, -0.1) is 0 Å². The highest BCUT2D eigenvalue weighted by Gasteiger charge is 2.08. The van der Waals surface area contributed by atoms with Crippen LogP contribution in [-0.2, 0) is 6.42 Å². The van der Waals surface area contributed by atoms with Gasteiger partial charge in [-0.1, -0.05) is 6.92 Å². The molecule has 0 radical (unpaired) electrons. The Morgan fingerprint density at radius 2 is 2.19 bits per heavy atom. The van der Waals surface area contributed by atoms with Crippen LogP contribution in [0.15, 0.2) is 10.7 Å². The number of aryl methyl sites for hydroxylation is 1. The molecule has 0 aliphatic carbocycles. The van der Waals surface area contributed by atoms with Gasteiger partial charge in [-0.3, -0.25) is 0 Å². The molecule has 1 atom stereocenters. The van der Waals surface area contributed by atoms with Gasteiger partial charge in [0.1, 0.15) is 16.2 Å². The second-order valence-corrected chi connectivity index (χ2v) is 4.76. The monoisotopic (exact) mass is 287 g/mol. The highest BCUT2D eigenvalue weighted by Crippen LogP contribution is 2.16. The number of aliphatic hydroxyl groups is 1. The number of aliphatic hydroxyl groups excluding tert-OH is 1. The Morgan fingerprint density at radius 3 is 2.75 bits per heavy atom. The van der Waals surface area contributed by atoms with E-state index in [1.807, 2.05) is 18.0 Å². The molecule has 1 aromatic heterocycles. The number of likely N-dealkylation sites (N-methyl/N-ethyl adjacent to an activating group) is 1.